The topological polar surface area (TPSA) is 84.2 Å². The summed E-state index contributed by atoms with van der Waals surface area (Å²) in [5, 5.41) is 5.54. The molecule has 0 aliphatic rings. The number of carbonyl (C=O) groups is 2. The summed E-state index contributed by atoms with van der Waals surface area (Å²) in [7, 11) is 0. The third-order valence-corrected chi connectivity index (χ3v) is 2.58. The number of amides is 2. The lowest BCUT2D eigenvalue weighted by atomic mass is 10.1. The van der Waals surface area contributed by atoms with Gasteiger partial charge >= 0.3 is 0 Å². The summed E-state index contributed by atoms with van der Waals surface area (Å²) in [4.78, 5) is 23.3. The minimum atomic E-state index is -0.566. The van der Waals surface area contributed by atoms with Crippen LogP contribution < -0.4 is 16.4 Å². The van der Waals surface area contributed by atoms with Crippen molar-refractivity contribution < 1.29 is 9.59 Å². The first-order valence-corrected chi connectivity index (χ1v) is 6.29. The molecule has 0 saturated carbocycles. The standard InChI is InChI=1S/C14H21N3O2.ClH/c1-8(2)16-14(19)11-5-6-12(9(3)7-11)17-13(18)10(4)15;/h5-8,10H,15H2,1-4H3,(H,16,19)(H,17,18);1H/t10-;/m0./s1. The van der Waals surface area contributed by atoms with Gasteiger partial charge in [-0.15, -0.1) is 12.4 Å². The number of nitrogens with one attached hydrogen (secondary N) is 2. The molecule has 1 aromatic carbocycles. The molecule has 1 rings (SSSR count). The number of rotatable bonds is 4. The number of halogens is 1. The largest absolute Gasteiger partial charge is 0.350 e. The minimum absolute atomic E-state index is 0. The second-order valence-electron chi connectivity index (χ2n) is 4.94. The van der Waals surface area contributed by atoms with E-state index in [2.05, 4.69) is 10.6 Å². The van der Waals surface area contributed by atoms with Crippen LogP contribution in [0.2, 0.25) is 0 Å². The van der Waals surface area contributed by atoms with Gasteiger partial charge in [-0.1, -0.05) is 0 Å². The van der Waals surface area contributed by atoms with Gasteiger partial charge in [0, 0.05) is 17.3 Å². The van der Waals surface area contributed by atoms with Gasteiger partial charge in [-0.3, -0.25) is 9.59 Å². The maximum absolute atomic E-state index is 11.8. The fourth-order valence-electron chi connectivity index (χ4n) is 1.54. The molecule has 1 aromatic rings. The van der Waals surface area contributed by atoms with Gasteiger partial charge < -0.3 is 16.4 Å². The van der Waals surface area contributed by atoms with Crippen LogP contribution in [0.1, 0.15) is 36.7 Å². The molecule has 6 heteroatoms. The van der Waals surface area contributed by atoms with Crippen LogP contribution in [-0.4, -0.2) is 23.9 Å². The van der Waals surface area contributed by atoms with Gasteiger partial charge in [-0.05, 0) is 51.5 Å². The first-order chi connectivity index (χ1) is 8.81. The summed E-state index contributed by atoms with van der Waals surface area (Å²) in [5.41, 5.74) is 7.56. The van der Waals surface area contributed by atoms with Gasteiger partial charge in [0.05, 0.1) is 6.04 Å². The van der Waals surface area contributed by atoms with E-state index in [1.165, 1.54) is 0 Å². The van der Waals surface area contributed by atoms with Gasteiger partial charge in [0.1, 0.15) is 0 Å². The van der Waals surface area contributed by atoms with Gasteiger partial charge in [0.15, 0.2) is 0 Å². The molecule has 1 atom stereocenters. The quantitative estimate of drug-likeness (QED) is 0.793. The van der Waals surface area contributed by atoms with E-state index in [1.54, 1.807) is 25.1 Å². The Morgan fingerprint density at radius 3 is 2.25 bits per heavy atom. The number of hydrogen-bond acceptors (Lipinski definition) is 3. The SMILES string of the molecule is Cc1cc(C(=O)NC(C)C)ccc1NC(=O)[C@H](C)N.Cl. The molecule has 0 unspecified atom stereocenters. The smallest absolute Gasteiger partial charge is 0.251 e. The van der Waals surface area contributed by atoms with Crippen molar-refractivity contribution in [2.75, 3.05) is 5.32 Å². The van der Waals surface area contributed by atoms with Crippen molar-refractivity contribution in [1.82, 2.24) is 5.32 Å². The lowest BCUT2D eigenvalue weighted by molar-refractivity contribution is -0.117. The van der Waals surface area contributed by atoms with E-state index in [-0.39, 0.29) is 30.3 Å². The van der Waals surface area contributed by atoms with E-state index < -0.39 is 6.04 Å². The first-order valence-electron chi connectivity index (χ1n) is 6.29. The van der Waals surface area contributed by atoms with Crippen LogP contribution in [0.15, 0.2) is 18.2 Å². The number of hydrogen-bond donors (Lipinski definition) is 3. The molecule has 0 fully saturated rings. The van der Waals surface area contributed by atoms with E-state index in [0.717, 1.165) is 5.56 Å². The highest BCUT2D eigenvalue weighted by molar-refractivity contribution is 5.97. The average Bonchev–Trinajstić information content (AvgIpc) is 2.30. The van der Waals surface area contributed by atoms with Gasteiger partial charge in [-0.2, -0.15) is 0 Å². The molecule has 0 radical (unpaired) electrons. The fraction of sp³-hybridized carbons (Fsp3) is 0.429. The Bertz CT molecular complexity index is 487. The fourth-order valence-corrected chi connectivity index (χ4v) is 1.54. The number of aryl methyl sites for hydroxylation is 1. The Kier molecular flexibility index (Phi) is 7.24. The van der Waals surface area contributed by atoms with E-state index >= 15 is 0 Å². The molecule has 0 heterocycles. The monoisotopic (exact) mass is 299 g/mol. The summed E-state index contributed by atoms with van der Waals surface area (Å²) < 4.78 is 0. The molecular formula is C14H22ClN3O2. The zero-order chi connectivity index (χ0) is 14.6. The molecular weight excluding hydrogens is 278 g/mol. The molecule has 0 bridgehead atoms. The summed E-state index contributed by atoms with van der Waals surface area (Å²) in [6.07, 6.45) is 0. The molecule has 0 aliphatic heterocycles. The first kappa shape index (κ1) is 18.4. The zero-order valence-electron chi connectivity index (χ0n) is 12.2. The molecule has 0 saturated heterocycles. The Morgan fingerprint density at radius 1 is 1.20 bits per heavy atom. The number of benzene rings is 1. The second kappa shape index (κ2) is 7.87. The summed E-state index contributed by atoms with van der Waals surface area (Å²) in [5.74, 6) is -0.370. The van der Waals surface area contributed by atoms with Gasteiger partial charge in [-0.25, -0.2) is 0 Å². The van der Waals surface area contributed by atoms with Crippen molar-refractivity contribution in [2.45, 2.75) is 39.8 Å². The lowest BCUT2D eigenvalue weighted by Gasteiger charge is -2.13. The third-order valence-electron chi connectivity index (χ3n) is 2.58. The highest BCUT2D eigenvalue weighted by atomic mass is 35.5. The lowest BCUT2D eigenvalue weighted by Crippen LogP contribution is -2.33. The van der Waals surface area contributed by atoms with Crippen molar-refractivity contribution in [3.8, 4) is 0 Å². The Morgan fingerprint density at radius 2 is 1.80 bits per heavy atom. The molecule has 4 N–H and O–H groups in total. The highest BCUT2D eigenvalue weighted by Gasteiger charge is 2.12. The summed E-state index contributed by atoms with van der Waals surface area (Å²) in [6.45, 7) is 7.27. The van der Waals surface area contributed by atoms with Crippen LogP contribution >= 0.6 is 12.4 Å². The zero-order valence-corrected chi connectivity index (χ0v) is 13.0. The van der Waals surface area contributed by atoms with Crippen molar-refractivity contribution in [1.29, 1.82) is 0 Å². The Labute approximate surface area is 125 Å². The van der Waals surface area contributed by atoms with Crippen LogP contribution in [0.5, 0.6) is 0 Å². The van der Waals surface area contributed by atoms with Crippen molar-refractivity contribution in [3.05, 3.63) is 29.3 Å². The highest BCUT2D eigenvalue weighted by Crippen LogP contribution is 2.16. The van der Waals surface area contributed by atoms with Gasteiger partial charge in [0.2, 0.25) is 5.91 Å². The number of carbonyl (C=O) groups excluding carboxylic acids is 2. The number of anilines is 1. The molecule has 2 amide bonds. The van der Waals surface area contributed by atoms with E-state index in [1.807, 2.05) is 20.8 Å². The van der Waals surface area contributed by atoms with Crippen LogP contribution in [0.4, 0.5) is 5.69 Å². The summed E-state index contributed by atoms with van der Waals surface area (Å²) >= 11 is 0. The molecule has 20 heavy (non-hydrogen) atoms. The van der Waals surface area contributed by atoms with Crippen LogP contribution in [0.3, 0.4) is 0 Å². The molecule has 5 nitrogen and oxygen atoms in total. The summed E-state index contributed by atoms with van der Waals surface area (Å²) in [6, 6.07) is 4.66. The third kappa shape index (κ3) is 5.19. The van der Waals surface area contributed by atoms with Crippen LogP contribution in [-0.2, 0) is 4.79 Å². The van der Waals surface area contributed by atoms with E-state index in [0.29, 0.717) is 11.3 Å². The second-order valence-corrected chi connectivity index (χ2v) is 4.94. The van der Waals surface area contributed by atoms with E-state index in [9.17, 15) is 9.59 Å². The predicted molar refractivity (Wildman–Crippen MR) is 83.3 cm³/mol. The normalized spacial score (nSPS) is 11.5. The van der Waals surface area contributed by atoms with Gasteiger partial charge in [0.25, 0.3) is 5.91 Å². The Balaban J connectivity index is 0.00000361. The molecule has 0 aliphatic carbocycles. The van der Waals surface area contributed by atoms with Crippen LogP contribution in [0, 0.1) is 6.92 Å². The van der Waals surface area contributed by atoms with Crippen molar-refractivity contribution in [3.63, 3.8) is 0 Å². The Hall–Kier alpha value is -1.59. The van der Waals surface area contributed by atoms with Crippen molar-refractivity contribution >= 4 is 29.9 Å². The van der Waals surface area contributed by atoms with E-state index in [4.69, 9.17) is 5.73 Å². The van der Waals surface area contributed by atoms with Crippen molar-refractivity contribution in [2.24, 2.45) is 5.73 Å². The predicted octanol–water partition coefficient (Wildman–Crippen LogP) is 1.84. The minimum Gasteiger partial charge on any atom is -0.350 e. The maximum Gasteiger partial charge on any atom is 0.251 e. The number of nitrogens with two attached hydrogens (primary N) is 1. The molecule has 112 valence electrons. The maximum atomic E-state index is 11.8. The van der Waals surface area contributed by atoms with Crippen LogP contribution in [0.25, 0.3) is 0 Å². The molecule has 0 aromatic heterocycles. The molecule has 0 spiro atoms. The average molecular weight is 300 g/mol.